The second-order valence-electron chi connectivity index (χ2n) is 4.47. The topological polar surface area (TPSA) is 50.4 Å². The van der Waals surface area contributed by atoms with Crippen molar-refractivity contribution in [2.24, 2.45) is 0 Å². The van der Waals surface area contributed by atoms with Crippen molar-refractivity contribution in [3.05, 3.63) is 29.3 Å². The highest BCUT2D eigenvalue weighted by Gasteiger charge is 2.21. The van der Waals surface area contributed by atoms with Crippen LogP contribution in [0, 0.1) is 0 Å². The van der Waals surface area contributed by atoms with Gasteiger partial charge in [0, 0.05) is 13.1 Å². The summed E-state index contributed by atoms with van der Waals surface area (Å²) in [5.41, 5.74) is 2.69. The van der Waals surface area contributed by atoms with Crippen LogP contribution >= 0.6 is 0 Å². The third-order valence-electron chi connectivity index (χ3n) is 3.29. The Balaban J connectivity index is 2.03. The first-order valence-electron chi connectivity index (χ1n) is 6.44. The normalized spacial score (nSPS) is 17.3. The molecule has 1 aromatic carbocycles. The molecule has 0 bridgehead atoms. The summed E-state index contributed by atoms with van der Waals surface area (Å²) in [6.45, 7) is 3.18. The van der Waals surface area contributed by atoms with Gasteiger partial charge in [-0.05, 0) is 42.6 Å². The number of benzene rings is 1. The molecular weight excluding hydrogens is 228 g/mol. The molecule has 4 heteroatoms. The van der Waals surface area contributed by atoms with Crippen LogP contribution in [0.2, 0.25) is 0 Å². The van der Waals surface area contributed by atoms with Crippen molar-refractivity contribution in [2.75, 3.05) is 20.2 Å². The summed E-state index contributed by atoms with van der Waals surface area (Å²) in [6.07, 6.45) is 2.21. The highest BCUT2D eigenvalue weighted by Crippen LogP contribution is 2.33. The van der Waals surface area contributed by atoms with Gasteiger partial charge in [0.25, 0.3) is 5.91 Å². The molecule has 0 spiro atoms. The van der Waals surface area contributed by atoms with Crippen LogP contribution in [0.5, 0.6) is 5.75 Å². The minimum Gasteiger partial charge on any atom is -0.484 e. The van der Waals surface area contributed by atoms with Gasteiger partial charge < -0.3 is 15.4 Å². The molecule has 1 aromatic rings. The van der Waals surface area contributed by atoms with Crippen molar-refractivity contribution < 1.29 is 9.53 Å². The first-order valence-corrected chi connectivity index (χ1v) is 6.44. The molecular formula is C14H20N2O2. The smallest absolute Gasteiger partial charge is 0.257 e. The predicted octanol–water partition coefficient (Wildman–Crippen LogP) is 1.41. The van der Waals surface area contributed by atoms with Crippen LogP contribution in [0.15, 0.2) is 18.2 Å². The Bertz CT molecular complexity index is 432. The Labute approximate surface area is 108 Å². The summed E-state index contributed by atoms with van der Waals surface area (Å²) in [4.78, 5) is 11.1. The highest BCUT2D eigenvalue weighted by atomic mass is 16.5. The fraction of sp³-hybridized carbons (Fsp3) is 0.500. The lowest BCUT2D eigenvalue weighted by Crippen LogP contribution is -2.24. The molecule has 2 rings (SSSR count). The Kier molecular flexibility index (Phi) is 4.20. The van der Waals surface area contributed by atoms with Gasteiger partial charge in [-0.3, -0.25) is 4.79 Å². The van der Waals surface area contributed by atoms with Crippen LogP contribution < -0.4 is 15.4 Å². The Morgan fingerprint density at radius 2 is 2.33 bits per heavy atom. The zero-order chi connectivity index (χ0) is 13.0. The molecule has 0 radical (unpaired) electrons. The summed E-state index contributed by atoms with van der Waals surface area (Å²) in [7, 11) is 1.61. The van der Waals surface area contributed by atoms with Gasteiger partial charge in [0.05, 0.1) is 0 Å². The fourth-order valence-corrected chi connectivity index (χ4v) is 2.36. The van der Waals surface area contributed by atoms with E-state index in [2.05, 4.69) is 29.7 Å². The molecule has 0 aromatic heterocycles. The Morgan fingerprint density at radius 1 is 1.50 bits per heavy atom. The Morgan fingerprint density at radius 3 is 3.06 bits per heavy atom. The maximum absolute atomic E-state index is 11.1. The van der Waals surface area contributed by atoms with Crippen molar-refractivity contribution >= 4 is 5.91 Å². The molecule has 0 saturated heterocycles. The van der Waals surface area contributed by atoms with Crippen molar-refractivity contribution in [1.82, 2.24) is 10.6 Å². The predicted molar refractivity (Wildman–Crippen MR) is 70.7 cm³/mol. The van der Waals surface area contributed by atoms with Crippen molar-refractivity contribution in [3.63, 3.8) is 0 Å². The number of rotatable bonds is 5. The number of fused-ring (bicyclic) bond motifs is 1. The van der Waals surface area contributed by atoms with E-state index < -0.39 is 0 Å². The van der Waals surface area contributed by atoms with E-state index in [1.54, 1.807) is 7.05 Å². The lowest BCUT2D eigenvalue weighted by Gasteiger charge is -2.13. The highest BCUT2D eigenvalue weighted by molar-refractivity contribution is 5.77. The number of aryl methyl sites for hydroxylation is 1. The number of likely N-dealkylation sites (N-methyl/N-ethyl adjacent to an activating group) is 1. The van der Waals surface area contributed by atoms with Gasteiger partial charge in [0.15, 0.2) is 6.61 Å². The molecule has 1 aliphatic carbocycles. The van der Waals surface area contributed by atoms with Gasteiger partial charge in [-0.15, -0.1) is 0 Å². The average molecular weight is 248 g/mol. The Hall–Kier alpha value is -1.55. The van der Waals surface area contributed by atoms with Crippen molar-refractivity contribution in [3.8, 4) is 5.75 Å². The van der Waals surface area contributed by atoms with E-state index in [0.717, 1.165) is 25.1 Å². The van der Waals surface area contributed by atoms with Crippen LogP contribution in [0.1, 0.15) is 30.5 Å². The van der Waals surface area contributed by atoms with Crippen LogP contribution in [0.4, 0.5) is 0 Å². The average Bonchev–Trinajstić information content (AvgIpc) is 2.79. The monoisotopic (exact) mass is 248 g/mol. The minimum atomic E-state index is -0.110. The fourth-order valence-electron chi connectivity index (χ4n) is 2.36. The van der Waals surface area contributed by atoms with Gasteiger partial charge in [0.1, 0.15) is 5.75 Å². The van der Waals surface area contributed by atoms with E-state index >= 15 is 0 Å². The van der Waals surface area contributed by atoms with E-state index in [4.69, 9.17) is 4.74 Å². The number of carbonyl (C=O) groups is 1. The number of hydrogen-bond acceptors (Lipinski definition) is 3. The second-order valence-corrected chi connectivity index (χ2v) is 4.47. The molecule has 1 unspecified atom stereocenters. The molecule has 98 valence electrons. The zero-order valence-electron chi connectivity index (χ0n) is 11.0. The van der Waals surface area contributed by atoms with Crippen LogP contribution in [0.25, 0.3) is 0 Å². The quantitative estimate of drug-likeness (QED) is 0.828. The van der Waals surface area contributed by atoms with E-state index in [1.807, 2.05) is 6.07 Å². The number of hydrogen-bond donors (Lipinski definition) is 2. The maximum atomic E-state index is 11.1. The number of ether oxygens (including phenoxy) is 1. The lowest BCUT2D eigenvalue weighted by molar-refractivity contribution is -0.122. The van der Waals surface area contributed by atoms with E-state index in [1.165, 1.54) is 11.1 Å². The molecule has 1 aliphatic rings. The molecule has 1 atom stereocenters. The van der Waals surface area contributed by atoms with Gasteiger partial charge in [0.2, 0.25) is 0 Å². The zero-order valence-corrected chi connectivity index (χ0v) is 11.0. The third kappa shape index (κ3) is 2.82. The summed E-state index contributed by atoms with van der Waals surface area (Å²) in [6, 6.07) is 6.57. The number of amides is 1. The second kappa shape index (κ2) is 5.87. The van der Waals surface area contributed by atoms with Gasteiger partial charge in [-0.1, -0.05) is 13.0 Å². The van der Waals surface area contributed by atoms with Crippen LogP contribution in [0.3, 0.4) is 0 Å². The van der Waals surface area contributed by atoms with E-state index in [0.29, 0.717) is 6.04 Å². The number of nitrogens with one attached hydrogen (secondary N) is 2. The molecule has 18 heavy (non-hydrogen) atoms. The molecule has 0 saturated carbocycles. The molecule has 2 N–H and O–H groups in total. The summed E-state index contributed by atoms with van der Waals surface area (Å²) < 4.78 is 5.45. The lowest BCUT2D eigenvalue weighted by atomic mass is 10.1. The van der Waals surface area contributed by atoms with Crippen molar-refractivity contribution in [1.29, 1.82) is 0 Å². The van der Waals surface area contributed by atoms with Gasteiger partial charge in [-0.2, -0.15) is 0 Å². The first-order chi connectivity index (χ1) is 8.74. The van der Waals surface area contributed by atoms with Gasteiger partial charge in [-0.25, -0.2) is 0 Å². The SMILES string of the molecule is CCNC1CCc2cc(OCC(=O)NC)ccc21. The molecule has 4 nitrogen and oxygen atoms in total. The molecule has 0 fully saturated rings. The summed E-state index contributed by atoms with van der Waals surface area (Å²) >= 11 is 0. The number of carbonyl (C=O) groups excluding carboxylic acids is 1. The maximum Gasteiger partial charge on any atom is 0.257 e. The van der Waals surface area contributed by atoms with Gasteiger partial charge >= 0.3 is 0 Å². The standard InChI is InChI=1S/C14H20N2O2/c1-3-16-13-7-4-10-8-11(5-6-12(10)13)18-9-14(17)15-2/h5-6,8,13,16H,3-4,7,9H2,1-2H3,(H,15,17). The van der Waals surface area contributed by atoms with Crippen LogP contribution in [-0.2, 0) is 11.2 Å². The largest absolute Gasteiger partial charge is 0.484 e. The molecule has 0 heterocycles. The van der Waals surface area contributed by atoms with Crippen LogP contribution in [-0.4, -0.2) is 26.1 Å². The first kappa shape index (κ1) is 12.9. The minimum absolute atomic E-state index is 0.0753. The van der Waals surface area contributed by atoms with Crippen molar-refractivity contribution in [2.45, 2.75) is 25.8 Å². The summed E-state index contributed by atoms with van der Waals surface area (Å²) in [5.74, 6) is 0.663. The molecule has 0 aliphatic heterocycles. The van der Waals surface area contributed by atoms with E-state index in [9.17, 15) is 4.79 Å². The summed E-state index contributed by atoms with van der Waals surface area (Å²) in [5, 5.41) is 6.01. The molecule has 1 amide bonds. The van der Waals surface area contributed by atoms with E-state index in [-0.39, 0.29) is 12.5 Å². The third-order valence-corrected chi connectivity index (χ3v) is 3.29.